The van der Waals surface area contributed by atoms with Crippen LogP contribution in [0.5, 0.6) is 0 Å². The second-order valence-electron chi connectivity index (χ2n) is 8.11. The smallest absolute Gasteiger partial charge is 0.315 e. The maximum absolute atomic E-state index is 12.9. The Hall–Kier alpha value is -2.90. The van der Waals surface area contributed by atoms with Crippen LogP contribution in [0.4, 0.5) is 10.5 Å². The van der Waals surface area contributed by atoms with Gasteiger partial charge in [0.1, 0.15) is 6.04 Å². The fourth-order valence-electron chi connectivity index (χ4n) is 3.49. The molecule has 0 aromatic heterocycles. The summed E-state index contributed by atoms with van der Waals surface area (Å²) in [4.78, 5) is 27.6. The van der Waals surface area contributed by atoms with Gasteiger partial charge in [0, 0.05) is 31.9 Å². The van der Waals surface area contributed by atoms with Crippen molar-refractivity contribution >= 4 is 17.6 Å². The summed E-state index contributed by atoms with van der Waals surface area (Å²) < 4.78 is 5.40. The van der Waals surface area contributed by atoms with Gasteiger partial charge in [0.05, 0.1) is 13.2 Å². The van der Waals surface area contributed by atoms with Crippen LogP contribution in [0.25, 0.3) is 0 Å². The lowest BCUT2D eigenvalue weighted by molar-refractivity contribution is -0.118. The molecule has 0 saturated carbocycles. The van der Waals surface area contributed by atoms with E-state index in [1.807, 2.05) is 62.4 Å². The molecule has 1 aliphatic rings. The zero-order valence-electron chi connectivity index (χ0n) is 18.3. The molecule has 1 saturated heterocycles. The molecule has 31 heavy (non-hydrogen) atoms. The number of carbonyl (C=O) groups excluding carboxylic acids is 2. The SMILES string of the molecule is CC(C)C(NC(=O)NCc1ccccc1)C(=O)Nc1cccc(CN2CCOCC2)c1. The predicted molar refractivity (Wildman–Crippen MR) is 122 cm³/mol. The first-order chi connectivity index (χ1) is 15.0. The van der Waals surface area contributed by atoms with Gasteiger partial charge < -0.3 is 20.7 Å². The standard InChI is InChI=1S/C24H32N4O3/c1-18(2)22(27-24(30)25-16-19-7-4-3-5-8-19)23(29)26-21-10-6-9-20(15-21)17-28-11-13-31-14-12-28/h3-10,15,18,22H,11-14,16-17H2,1-2H3,(H,26,29)(H2,25,27,30). The molecule has 2 aromatic rings. The van der Waals surface area contributed by atoms with Gasteiger partial charge in [0.2, 0.25) is 5.91 Å². The van der Waals surface area contributed by atoms with Gasteiger partial charge in [-0.15, -0.1) is 0 Å². The molecule has 166 valence electrons. The quantitative estimate of drug-likeness (QED) is 0.608. The number of ether oxygens (including phenoxy) is 1. The fourth-order valence-corrected chi connectivity index (χ4v) is 3.49. The molecule has 1 aliphatic heterocycles. The summed E-state index contributed by atoms with van der Waals surface area (Å²) in [6.45, 7) is 8.38. The first kappa shape index (κ1) is 22.8. The first-order valence-corrected chi connectivity index (χ1v) is 10.8. The maximum atomic E-state index is 12.9. The highest BCUT2D eigenvalue weighted by Gasteiger charge is 2.24. The highest BCUT2D eigenvalue weighted by atomic mass is 16.5. The van der Waals surface area contributed by atoms with Crippen LogP contribution >= 0.6 is 0 Å². The van der Waals surface area contributed by atoms with Crippen molar-refractivity contribution in [3.05, 3.63) is 65.7 Å². The molecule has 0 bridgehead atoms. The molecule has 0 aliphatic carbocycles. The highest BCUT2D eigenvalue weighted by molar-refractivity contribution is 5.97. The van der Waals surface area contributed by atoms with Crippen molar-refractivity contribution in [2.24, 2.45) is 5.92 Å². The van der Waals surface area contributed by atoms with E-state index in [0.717, 1.165) is 49.7 Å². The average molecular weight is 425 g/mol. The molecule has 3 amide bonds. The van der Waals surface area contributed by atoms with Crippen LogP contribution < -0.4 is 16.0 Å². The van der Waals surface area contributed by atoms with E-state index in [1.165, 1.54) is 0 Å². The second kappa shape index (κ2) is 11.5. The summed E-state index contributed by atoms with van der Waals surface area (Å²) in [6, 6.07) is 16.5. The minimum absolute atomic E-state index is 0.0565. The van der Waals surface area contributed by atoms with E-state index in [1.54, 1.807) is 0 Å². The van der Waals surface area contributed by atoms with Gasteiger partial charge >= 0.3 is 6.03 Å². The van der Waals surface area contributed by atoms with E-state index in [9.17, 15) is 9.59 Å². The van der Waals surface area contributed by atoms with Crippen molar-refractivity contribution in [1.29, 1.82) is 0 Å². The number of nitrogens with zero attached hydrogens (tertiary/aromatic N) is 1. The number of carbonyl (C=O) groups is 2. The van der Waals surface area contributed by atoms with Crippen molar-refractivity contribution in [2.75, 3.05) is 31.6 Å². The van der Waals surface area contributed by atoms with Gasteiger partial charge in [-0.05, 0) is 29.2 Å². The lowest BCUT2D eigenvalue weighted by Gasteiger charge is -2.26. The van der Waals surface area contributed by atoms with Crippen molar-refractivity contribution in [3.63, 3.8) is 0 Å². The van der Waals surface area contributed by atoms with Gasteiger partial charge in [-0.3, -0.25) is 9.69 Å². The number of morpholine rings is 1. The number of hydrogen-bond donors (Lipinski definition) is 3. The summed E-state index contributed by atoms with van der Waals surface area (Å²) in [5.74, 6) is -0.285. The zero-order valence-corrected chi connectivity index (χ0v) is 18.3. The van der Waals surface area contributed by atoms with E-state index in [-0.39, 0.29) is 17.9 Å². The molecule has 0 radical (unpaired) electrons. The Morgan fingerprint density at radius 3 is 2.42 bits per heavy atom. The number of nitrogens with one attached hydrogen (secondary N) is 3. The number of benzene rings is 2. The van der Waals surface area contributed by atoms with E-state index in [2.05, 4.69) is 26.9 Å². The molecule has 7 nitrogen and oxygen atoms in total. The summed E-state index contributed by atoms with van der Waals surface area (Å²) in [7, 11) is 0. The van der Waals surface area contributed by atoms with E-state index in [4.69, 9.17) is 4.74 Å². The fraction of sp³-hybridized carbons (Fsp3) is 0.417. The summed E-state index contributed by atoms with van der Waals surface area (Å²) >= 11 is 0. The van der Waals surface area contributed by atoms with Crippen LogP contribution in [-0.2, 0) is 22.6 Å². The largest absolute Gasteiger partial charge is 0.379 e. The third kappa shape index (κ3) is 7.38. The van der Waals surface area contributed by atoms with Gasteiger partial charge in [-0.2, -0.15) is 0 Å². The van der Waals surface area contributed by atoms with Gasteiger partial charge in [0.25, 0.3) is 0 Å². The Labute approximate surface area is 184 Å². The average Bonchev–Trinajstić information content (AvgIpc) is 2.77. The topological polar surface area (TPSA) is 82.7 Å². The Bertz CT molecular complexity index is 851. The van der Waals surface area contributed by atoms with Crippen LogP contribution in [-0.4, -0.2) is 49.2 Å². The Morgan fingerprint density at radius 1 is 1.00 bits per heavy atom. The van der Waals surface area contributed by atoms with Crippen molar-refractivity contribution in [3.8, 4) is 0 Å². The Balaban J connectivity index is 1.54. The summed E-state index contributed by atoms with van der Waals surface area (Å²) in [5.41, 5.74) is 2.86. The van der Waals surface area contributed by atoms with Gasteiger partial charge in [0.15, 0.2) is 0 Å². The van der Waals surface area contributed by atoms with Crippen LogP contribution in [0, 0.1) is 5.92 Å². The van der Waals surface area contributed by atoms with E-state index in [0.29, 0.717) is 6.54 Å². The maximum Gasteiger partial charge on any atom is 0.315 e. The summed E-state index contributed by atoms with van der Waals surface area (Å²) in [5, 5.41) is 8.57. The van der Waals surface area contributed by atoms with Crippen LogP contribution in [0.15, 0.2) is 54.6 Å². The lowest BCUT2D eigenvalue weighted by Crippen LogP contribution is -2.50. The van der Waals surface area contributed by atoms with Gasteiger partial charge in [-0.25, -0.2) is 4.79 Å². The Kier molecular flexibility index (Phi) is 8.44. The lowest BCUT2D eigenvalue weighted by atomic mass is 10.0. The minimum atomic E-state index is -0.640. The predicted octanol–water partition coefficient (Wildman–Crippen LogP) is 2.98. The molecular weight excluding hydrogens is 392 g/mol. The molecule has 1 heterocycles. The molecular formula is C24H32N4O3. The third-order valence-electron chi connectivity index (χ3n) is 5.24. The molecule has 1 fully saturated rings. The molecule has 3 rings (SSSR count). The molecule has 3 N–H and O–H groups in total. The molecule has 0 spiro atoms. The normalized spacial score (nSPS) is 15.3. The molecule has 1 unspecified atom stereocenters. The van der Waals surface area contributed by atoms with Crippen LogP contribution in [0.3, 0.4) is 0 Å². The van der Waals surface area contributed by atoms with E-state index >= 15 is 0 Å². The molecule has 2 aromatic carbocycles. The number of amides is 3. The van der Waals surface area contributed by atoms with Crippen molar-refractivity contribution < 1.29 is 14.3 Å². The van der Waals surface area contributed by atoms with Crippen molar-refractivity contribution in [1.82, 2.24) is 15.5 Å². The first-order valence-electron chi connectivity index (χ1n) is 10.8. The molecule has 7 heteroatoms. The monoisotopic (exact) mass is 424 g/mol. The number of rotatable bonds is 8. The van der Waals surface area contributed by atoms with Crippen molar-refractivity contribution in [2.45, 2.75) is 33.0 Å². The number of hydrogen-bond acceptors (Lipinski definition) is 4. The van der Waals surface area contributed by atoms with Crippen LogP contribution in [0.1, 0.15) is 25.0 Å². The zero-order chi connectivity index (χ0) is 22.1. The van der Waals surface area contributed by atoms with Gasteiger partial charge in [-0.1, -0.05) is 56.3 Å². The summed E-state index contributed by atoms with van der Waals surface area (Å²) in [6.07, 6.45) is 0. The highest BCUT2D eigenvalue weighted by Crippen LogP contribution is 2.15. The minimum Gasteiger partial charge on any atom is -0.379 e. The number of urea groups is 1. The second-order valence-corrected chi connectivity index (χ2v) is 8.11. The van der Waals surface area contributed by atoms with Crippen LogP contribution in [0.2, 0.25) is 0 Å². The number of anilines is 1. The van der Waals surface area contributed by atoms with E-state index < -0.39 is 6.04 Å². The molecule has 1 atom stereocenters. The third-order valence-corrected chi connectivity index (χ3v) is 5.24. The Morgan fingerprint density at radius 2 is 1.71 bits per heavy atom.